The second-order valence-corrected chi connectivity index (χ2v) is 6.52. The normalized spacial score (nSPS) is 36.9. The average molecular weight is 252 g/mol. The molecule has 2 heterocycles. The summed E-state index contributed by atoms with van der Waals surface area (Å²) in [4.78, 5) is 15.0. The van der Waals surface area contributed by atoms with E-state index in [9.17, 15) is 4.79 Å². The third-order valence-corrected chi connectivity index (χ3v) is 4.49. The van der Waals surface area contributed by atoms with Gasteiger partial charge in [0.25, 0.3) is 0 Å². The van der Waals surface area contributed by atoms with E-state index < -0.39 is 0 Å². The first-order chi connectivity index (χ1) is 8.57. The van der Waals surface area contributed by atoms with Crippen molar-refractivity contribution in [1.82, 2.24) is 10.2 Å². The Bertz CT molecular complexity index is 287. The molecule has 0 bridgehead atoms. The van der Waals surface area contributed by atoms with Gasteiger partial charge in [-0.2, -0.15) is 0 Å². The Labute approximate surface area is 111 Å². The summed E-state index contributed by atoms with van der Waals surface area (Å²) in [7, 11) is 0. The first-order valence-electron chi connectivity index (χ1n) is 7.62. The van der Waals surface area contributed by atoms with Crippen molar-refractivity contribution >= 4 is 5.91 Å². The van der Waals surface area contributed by atoms with E-state index in [4.69, 9.17) is 0 Å². The van der Waals surface area contributed by atoms with E-state index in [0.29, 0.717) is 17.7 Å². The molecule has 3 nitrogen and oxygen atoms in total. The molecular formula is C15H28N2O. The minimum absolute atomic E-state index is 0.231. The van der Waals surface area contributed by atoms with E-state index >= 15 is 0 Å². The van der Waals surface area contributed by atoms with Crippen molar-refractivity contribution in [2.45, 2.75) is 58.4 Å². The number of piperidine rings is 1. The van der Waals surface area contributed by atoms with Crippen LogP contribution in [0.15, 0.2) is 0 Å². The SMILES string of the molecule is CCCC1(C(=O)N2CC(C)CC(C)C2)CCCN1. The Morgan fingerprint density at radius 3 is 2.50 bits per heavy atom. The van der Waals surface area contributed by atoms with Crippen molar-refractivity contribution in [3.05, 3.63) is 0 Å². The Kier molecular flexibility index (Phi) is 4.31. The summed E-state index contributed by atoms with van der Waals surface area (Å²) in [6.45, 7) is 9.63. The Balaban J connectivity index is 2.08. The minimum atomic E-state index is -0.231. The molecule has 3 heteroatoms. The number of carbonyl (C=O) groups excluding carboxylic acids is 1. The molecule has 0 aromatic carbocycles. The number of rotatable bonds is 3. The predicted molar refractivity (Wildman–Crippen MR) is 74.4 cm³/mol. The molecule has 2 rings (SSSR count). The van der Waals surface area contributed by atoms with Crippen LogP contribution in [0.3, 0.4) is 0 Å². The van der Waals surface area contributed by atoms with E-state index in [0.717, 1.165) is 45.3 Å². The largest absolute Gasteiger partial charge is 0.341 e. The third-order valence-electron chi connectivity index (χ3n) is 4.49. The van der Waals surface area contributed by atoms with Crippen LogP contribution in [0.1, 0.15) is 52.9 Å². The van der Waals surface area contributed by atoms with Crippen LogP contribution < -0.4 is 5.32 Å². The molecule has 18 heavy (non-hydrogen) atoms. The van der Waals surface area contributed by atoms with Gasteiger partial charge < -0.3 is 10.2 Å². The van der Waals surface area contributed by atoms with Crippen LogP contribution in [0.25, 0.3) is 0 Å². The van der Waals surface area contributed by atoms with Gasteiger partial charge in [0.05, 0.1) is 5.54 Å². The van der Waals surface area contributed by atoms with Gasteiger partial charge in [-0.05, 0) is 44.1 Å². The number of carbonyl (C=O) groups is 1. The number of nitrogens with zero attached hydrogens (tertiary/aromatic N) is 1. The van der Waals surface area contributed by atoms with Gasteiger partial charge in [-0.25, -0.2) is 0 Å². The van der Waals surface area contributed by atoms with Crippen LogP contribution in [0.2, 0.25) is 0 Å². The molecule has 2 aliphatic rings. The maximum Gasteiger partial charge on any atom is 0.242 e. The zero-order chi connectivity index (χ0) is 13.2. The van der Waals surface area contributed by atoms with Crippen molar-refractivity contribution in [1.29, 1.82) is 0 Å². The Morgan fingerprint density at radius 2 is 2.00 bits per heavy atom. The Hall–Kier alpha value is -0.570. The molecule has 0 aromatic heterocycles. The lowest BCUT2D eigenvalue weighted by Crippen LogP contribution is -2.57. The molecule has 0 saturated carbocycles. The molecule has 0 spiro atoms. The van der Waals surface area contributed by atoms with Crippen molar-refractivity contribution < 1.29 is 4.79 Å². The van der Waals surface area contributed by atoms with Crippen LogP contribution in [0.4, 0.5) is 0 Å². The van der Waals surface area contributed by atoms with Gasteiger partial charge in [-0.3, -0.25) is 4.79 Å². The van der Waals surface area contributed by atoms with E-state index in [2.05, 4.69) is 31.0 Å². The number of likely N-dealkylation sites (tertiary alicyclic amines) is 1. The van der Waals surface area contributed by atoms with Crippen LogP contribution in [-0.2, 0) is 4.79 Å². The standard InChI is InChI=1S/C15H28N2O/c1-4-6-15(7-5-8-16-15)14(18)17-10-12(2)9-13(3)11-17/h12-13,16H,4-11H2,1-3H3. The second kappa shape index (κ2) is 5.60. The predicted octanol–water partition coefficient (Wildman–Crippen LogP) is 2.41. The highest BCUT2D eigenvalue weighted by Crippen LogP contribution is 2.30. The quantitative estimate of drug-likeness (QED) is 0.836. The van der Waals surface area contributed by atoms with Crippen molar-refractivity contribution in [2.24, 2.45) is 11.8 Å². The van der Waals surface area contributed by atoms with Crippen LogP contribution >= 0.6 is 0 Å². The third kappa shape index (κ3) is 2.71. The maximum atomic E-state index is 12.9. The lowest BCUT2D eigenvalue weighted by molar-refractivity contribution is -0.141. The summed E-state index contributed by atoms with van der Waals surface area (Å²) in [5.74, 6) is 1.68. The van der Waals surface area contributed by atoms with E-state index in [1.54, 1.807) is 0 Å². The smallest absolute Gasteiger partial charge is 0.242 e. The van der Waals surface area contributed by atoms with E-state index in [1.165, 1.54) is 6.42 Å². The lowest BCUT2D eigenvalue weighted by atomic mass is 9.86. The summed E-state index contributed by atoms with van der Waals surface area (Å²) in [6.07, 6.45) is 5.50. The summed E-state index contributed by atoms with van der Waals surface area (Å²) >= 11 is 0. The van der Waals surface area contributed by atoms with E-state index in [-0.39, 0.29) is 5.54 Å². The first-order valence-corrected chi connectivity index (χ1v) is 7.62. The minimum Gasteiger partial charge on any atom is -0.341 e. The number of hydrogen-bond acceptors (Lipinski definition) is 2. The zero-order valence-electron chi connectivity index (χ0n) is 12.2. The van der Waals surface area contributed by atoms with Gasteiger partial charge in [-0.1, -0.05) is 27.2 Å². The second-order valence-electron chi connectivity index (χ2n) is 6.52. The summed E-state index contributed by atoms with van der Waals surface area (Å²) in [6, 6.07) is 0. The topological polar surface area (TPSA) is 32.3 Å². The summed E-state index contributed by atoms with van der Waals surface area (Å²) in [5, 5.41) is 3.51. The first kappa shape index (κ1) is 13.9. The molecular weight excluding hydrogens is 224 g/mol. The fourth-order valence-corrected chi connectivity index (χ4v) is 3.87. The molecule has 1 amide bonds. The molecule has 2 saturated heterocycles. The van der Waals surface area contributed by atoms with Crippen molar-refractivity contribution in [3.8, 4) is 0 Å². The van der Waals surface area contributed by atoms with Gasteiger partial charge in [-0.15, -0.1) is 0 Å². The fraction of sp³-hybridized carbons (Fsp3) is 0.933. The summed E-state index contributed by atoms with van der Waals surface area (Å²) in [5.41, 5.74) is -0.231. The monoisotopic (exact) mass is 252 g/mol. The molecule has 2 aliphatic heterocycles. The van der Waals surface area contributed by atoms with Gasteiger partial charge in [0.1, 0.15) is 0 Å². The van der Waals surface area contributed by atoms with Crippen LogP contribution in [0.5, 0.6) is 0 Å². The molecule has 104 valence electrons. The number of hydrogen-bond donors (Lipinski definition) is 1. The lowest BCUT2D eigenvalue weighted by Gasteiger charge is -2.40. The number of amides is 1. The molecule has 2 fully saturated rings. The summed E-state index contributed by atoms with van der Waals surface area (Å²) < 4.78 is 0. The van der Waals surface area contributed by atoms with Gasteiger partial charge in [0.15, 0.2) is 0 Å². The van der Waals surface area contributed by atoms with E-state index in [1.807, 2.05) is 0 Å². The van der Waals surface area contributed by atoms with Crippen molar-refractivity contribution in [2.75, 3.05) is 19.6 Å². The van der Waals surface area contributed by atoms with Gasteiger partial charge >= 0.3 is 0 Å². The van der Waals surface area contributed by atoms with Crippen LogP contribution in [-0.4, -0.2) is 36.0 Å². The Morgan fingerprint density at radius 1 is 1.33 bits per heavy atom. The molecule has 1 N–H and O–H groups in total. The molecule has 0 aliphatic carbocycles. The fourth-order valence-electron chi connectivity index (χ4n) is 3.87. The molecule has 0 radical (unpaired) electrons. The van der Waals surface area contributed by atoms with Crippen molar-refractivity contribution in [3.63, 3.8) is 0 Å². The highest BCUT2D eigenvalue weighted by molar-refractivity contribution is 5.87. The molecule has 0 aromatic rings. The zero-order valence-corrected chi connectivity index (χ0v) is 12.2. The molecule has 3 unspecified atom stereocenters. The maximum absolute atomic E-state index is 12.9. The highest BCUT2D eigenvalue weighted by atomic mass is 16.2. The highest BCUT2D eigenvalue weighted by Gasteiger charge is 2.43. The molecule has 3 atom stereocenters. The van der Waals surface area contributed by atoms with Crippen LogP contribution in [0, 0.1) is 11.8 Å². The van der Waals surface area contributed by atoms with Gasteiger partial charge in [0, 0.05) is 13.1 Å². The van der Waals surface area contributed by atoms with Gasteiger partial charge in [0.2, 0.25) is 5.91 Å². The number of nitrogens with one attached hydrogen (secondary N) is 1. The average Bonchev–Trinajstić information content (AvgIpc) is 2.77.